The molecule has 1 aromatic heterocycles. The summed E-state index contributed by atoms with van der Waals surface area (Å²) in [5.41, 5.74) is 1.31. The summed E-state index contributed by atoms with van der Waals surface area (Å²) < 4.78 is 5.35. The average Bonchev–Trinajstić information content (AvgIpc) is 2.93. The van der Waals surface area contributed by atoms with Crippen molar-refractivity contribution in [3.63, 3.8) is 0 Å². The molecule has 0 radical (unpaired) electrons. The number of nitrogens with one attached hydrogen (secondary N) is 2. The molecular weight excluding hydrogens is 296 g/mol. The number of carbonyl (C=O) groups excluding carboxylic acids is 1. The van der Waals surface area contributed by atoms with E-state index in [-0.39, 0.29) is 18.1 Å². The molecule has 2 rings (SSSR count). The van der Waals surface area contributed by atoms with Gasteiger partial charge in [-0.1, -0.05) is 13.8 Å². The van der Waals surface area contributed by atoms with Gasteiger partial charge in [-0.05, 0) is 36.1 Å². The van der Waals surface area contributed by atoms with Crippen LogP contribution in [-0.4, -0.2) is 34.5 Å². The van der Waals surface area contributed by atoms with E-state index in [1.54, 1.807) is 31.2 Å². The van der Waals surface area contributed by atoms with E-state index < -0.39 is 0 Å². The van der Waals surface area contributed by atoms with Crippen LogP contribution in [0, 0.1) is 12.3 Å². The van der Waals surface area contributed by atoms with Crippen LogP contribution in [0.4, 0.5) is 10.5 Å². The van der Waals surface area contributed by atoms with Crippen molar-refractivity contribution >= 4 is 11.7 Å². The van der Waals surface area contributed by atoms with Crippen LogP contribution in [0.5, 0.6) is 0 Å². The molecule has 7 nitrogen and oxygen atoms in total. The van der Waals surface area contributed by atoms with Gasteiger partial charge >= 0.3 is 6.03 Å². The molecule has 0 atom stereocenters. The molecule has 0 aliphatic rings. The van der Waals surface area contributed by atoms with Crippen molar-refractivity contribution < 1.29 is 14.3 Å². The smallest absolute Gasteiger partial charge is 0.319 e. The highest BCUT2D eigenvalue weighted by Crippen LogP contribution is 2.20. The highest BCUT2D eigenvalue weighted by molar-refractivity contribution is 5.89. The molecule has 7 heteroatoms. The van der Waals surface area contributed by atoms with Crippen molar-refractivity contribution in [3.8, 4) is 11.5 Å². The van der Waals surface area contributed by atoms with E-state index >= 15 is 0 Å². The zero-order valence-electron chi connectivity index (χ0n) is 13.6. The number of aryl methyl sites for hydroxylation is 1. The number of rotatable bonds is 6. The predicted molar refractivity (Wildman–Crippen MR) is 87.0 cm³/mol. The molecule has 0 unspecified atom stereocenters. The highest BCUT2D eigenvalue weighted by atomic mass is 16.4. The molecule has 23 heavy (non-hydrogen) atoms. The number of aliphatic hydroxyl groups excluding tert-OH is 1. The Bertz CT molecular complexity index is 650. The van der Waals surface area contributed by atoms with E-state index in [9.17, 15) is 4.79 Å². The summed E-state index contributed by atoms with van der Waals surface area (Å²) in [5.74, 6) is 0.955. The van der Waals surface area contributed by atoms with Crippen LogP contribution in [0.1, 0.15) is 26.2 Å². The van der Waals surface area contributed by atoms with Gasteiger partial charge in [0.1, 0.15) is 0 Å². The lowest BCUT2D eigenvalue weighted by atomic mass is 9.90. The van der Waals surface area contributed by atoms with Gasteiger partial charge in [0, 0.05) is 31.3 Å². The van der Waals surface area contributed by atoms with E-state index in [0.717, 1.165) is 5.56 Å². The SMILES string of the molecule is Cc1nnc(-c2ccc(NC(=O)NCC(C)(C)CCO)cc2)o1. The second-order valence-electron chi connectivity index (χ2n) is 6.15. The van der Waals surface area contributed by atoms with Gasteiger partial charge < -0.3 is 20.2 Å². The van der Waals surface area contributed by atoms with Crippen LogP contribution < -0.4 is 10.6 Å². The Morgan fingerprint density at radius 3 is 2.52 bits per heavy atom. The fraction of sp³-hybridized carbons (Fsp3) is 0.438. The van der Waals surface area contributed by atoms with Crippen LogP contribution in [0.25, 0.3) is 11.5 Å². The Morgan fingerprint density at radius 2 is 1.96 bits per heavy atom. The summed E-state index contributed by atoms with van der Waals surface area (Å²) in [4.78, 5) is 11.9. The summed E-state index contributed by atoms with van der Waals surface area (Å²) in [7, 11) is 0. The van der Waals surface area contributed by atoms with Gasteiger partial charge in [-0.3, -0.25) is 0 Å². The number of benzene rings is 1. The maximum absolute atomic E-state index is 11.9. The van der Waals surface area contributed by atoms with E-state index in [1.807, 2.05) is 13.8 Å². The summed E-state index contributed by atoms with van der Waals surface area (Å²) in [6.45, 7) is 6.30. The Labute approximate surface area is 135 Å². The maximum Gasteiger partial charge on any atom is 0.319 e. The summed E-state index contributed by atoms with van der Waals surface area (Å²) in [6.07, 6.45) is 0.631. The third kappa shape index (κ3) is 5.07. The van der Waals surface area contributed by atoms with Crippen molar-refractivity contribution in [1.82, 2.24) is 15.5 Å². The molecule has 1 aromatic carbocycles. The van der Waals surface area contributed by atoms with Gasteiger partial charge in [0.2, 0.25) is 11.8 Å². The first-order chi connectivity index (χ1) is 10.9. The Balaban J connectivity index is 1.89. The fourth-order valence-electron chi connectivity index (χ4n) is 2.00. The molecule has 2 aromatic rings. The molecule has 2 amide bonds. The second kappa shape index (κ2) is 7.23. The second-order valence-corrected chi connectivity index (χ2v) is 6.15. The standard InChI is InChI=1S/C16H22N4O3/c1-11-19-20-14(23-11)12-4-6-13(7-5-12)18-15(22)17-10-16(2,3)8-9-21/h4-7,21H,8-10H2,1-3H3,(H2,17,18,22). The molecule has 0 saturated heterocycles. The van der Waals surface area contributed by atoms with Crippen LogP contribution in [-0.2, 0) is 0 Å². The number of anilines is 1. The molecule has 0 aliphatic carbocycles. The quantitative estimate of drug-likeness (QED) is 0.760. The number of urea groups is 1. The van der Waals surface area contributed by atoms with Crippen molar-refractivity contribution in [2.24, 2.45) is 5.41 Å². The number of aromatic nitrogens is 2. The number of hydrogen-bond donors (Lipinski definition) is 3. The van der Waals surface area contributed by atoms with Crippen LogP contribution >= 0.6 is 0 Å². The van der Waals surface area contributed by atoms with Gasteiger partial charge in [0.05, 0.1) is 0 Å². The molecular formula is C16H22N4O3. The molecule has 0 aliphatic heterocycles. The van der Waals surface area contributed by atoms with Gasteiger partial charge in [0.25, 0.3) is 0 Å². The maximum atomic E-state index is 11.9. The minimum absolute atomic E-state index is 0.104. The van der Waals surface area contributed by atoms with Gasteiger partial charge in [-0.2, -0.15) is 0 Å². The van der Waals surface area contributed by atoms with E-state index in [1.165, 1.54) is 0 Å². The monoisotopic (exact) mass is 318 g/mol. The largest absolute Gasteiger partial charge is 0.421 e. The summed E-state index contributed by atoms with van der Waals surface area (Å²) >= 11 is 0. The molecule has 1 heterocycles. The molecule has 0 spiro atoms. The van der Waals surface area contributed by atoms with Crippen molar-refractivity contribution in [1.29, 1.82) is 0 Å². The molecule has 0 bridgehead atoms. The zero-order chi connectivity index (χ0) is 16.9. The van der Waals surface area contributed by atoms with Crippen LogP contribution in [0.15, 0.2) is 28.7 Å². The highest BCUT2D eigenvalue weighted by Gasteiger charge is 2.18. The van der Waals surface area contributed by atoms with Crippen molar-refractivity contribution in [2.75, 3.05) is 18.5 Å². The van der Waals surface area contributed by atoms with E-state index in [2.05, 4.69) is 20.8 Å². The first-order valence-electron chi connectivity index (χ1n) is 7.46. The Morgan fingerprint density at radius 1 is 1.26 bits per heavy atom. The van der Waals surface area contributed by atoms with E-state index in [4.69, 9.17) is 9.52 Å². The lowest BCUT2D eigenvalue weighted by Crippen LogP contribution is -2.37. The van der Waals surface area contributed by atoms with Crippen LogP contribution in [0.2, 0.25) is 0 Å². The topological polar surface area (TPSA) is 100 Å². The predicted octanol–water partition coefficient (Wildman–Crippen LogP) is 2.58. The van der Waals surface area contributed by atoms with Crippen molar-refractivity contribution in [3.05, 3.63) is 30.2 Å². The summed E-state index contributed by atoms with van der Waals surface area (Å²) in [5, 5.41) is 22.3. The molecule has 0 saturated carbocycles. The lowest BCUT2D eigenvalue weighted by molar-refractivity contribution is 0.204. The molecule has 3 N–H and O–H groups in total. The third-order valence-corrected chi connectivity index (χ3v) is 3.43. The van der Waals surface area contributed by atoms with Gasteiger partial charge in [-0.25, -0.2) is 4.79 Å². The number of carbonyl (C=O) groups is 1. The number of hydrogen-bond acceptors (Lipinski definition) is 5. The minimum Gasteiger partial charge on any atom is -0.421 e. The van der Waals surface area contributed by atoms with Gasteiger partial charge in [-0.15, -0.1) is 10.2 Å². The minimum atomic E-state index is -0.280. The Hall–Kier alpha value is -2.41. The lowest BCUT2D eigenvalue weighted by Gasteiger charge is -2.23. The average molecular weight is 318 g/mol. The van der Waals surface area contributed by atoms with Crippen LogP contribution in [0.3, 0.4) is 0 Å². The number of amides is 2. The fourth-order valence-corrected chi connectivity index (χ4v) is 2.00. The first kappa shape index (κ1) is 17.0. The Kier molecular flexibility index (Phi) is 5.33. The third-order valence-electron chi connectivity index (χ3n) is 3.43. The van der Waals surface area contributed by atoms with E-state index in [0.29, 0.717) is 30.4 Å². The molecule has 124 valence electrons. The first-order valence-corrected chi connectivity index (χ1v) is 7.46. The normalized spacial score (nSPS) is 11.3. The zero-order valence-corrected chi connectivity index (χ0v) is 13.6. The van der Waals surface area contributed by atoms with Gasteiger partial charge in [0.15, 0.2) is 0 Å². The number of aliphatic hydroxyl groups is 1. The summed E-state index contributed by atoms with van der Waals surface area (Å²) in [6, 6.07) is 6.87. The molecule has 0 fully saturated rings. The van der Waals surface area contributed by atoms with Crippen molar-refractivity contribution in [2.45, 2.75) is 27.2 Å². The number of nitrogens with zero attached hydrogens (tertiary/aromatic N) is 2.